The van der Waals surface area contributed by atoms with Crippen molar-refractivity contribution in [1.82, 2.24) is 0 Å². The highest BCUT2D eigenvalue weighted by Crippen LogP contribution is 2.64. The molecule has 2 atom stereocenters. The Morgan fingerprint density at radius 3 is 2.33 bits per heavy atom. The fourth-order valence-electron chi connectivity index (χ4n) is 4.85. The second-order valence-electron chi connectivity index (χ2n) is 6.16. The first-order valence-electron chi connectivity index (χ1n) is 5.88. The Hall–Kier alpha value is -0.240. The molecule has 0 aromatic carbocycles. The monoisotopic (exact) mass is 227 g/mol. The summed E-state index contributed by atoms with van der Waals surface area (Å²) in [6.45, 7) is 0. The molecule has 4 aliphatic carbocycles. The van der Waals surface area contributed by atoms with E-state index >= 15 is 0 Å². The summed E-state index contributed by atoms with van der Waals surface area (Å²) in [6, 6.07) is 0. The van der Waals surface area contributed by atoms with Crippen LogP contribution in [0.5, 0.6) is 0 Å². The van der Waals surface area contributed by atoms with Gasteiger partial charge >= 0.3 is 0 Å². The zero-order chi connectivity index (χ0) is 10.7. The second kappa shape index (κ2) is 2.91. The van der Waals surface area contributed by atoms with E-state index in [2.05, 4.69) is 0 Å². The van der Waals surface area contributed by atoms with Gasteiger partial charge in [-0.2, -0.15) is 0 Å². The van der Waals surface area contributed by atoms with Crippen molar-refractivity contribution >= 4 is 17.6 Å². The van der Waals surface area contributed by atoms with Gasteiger partial charge in [0.25, 0.3) is 0 Å². The summed E-state index contributed by atoms with van der Waals surface area (Å²) >= 11 is 6.59. The van der Waals surface area contributed by atoms with Crippen molar-refractivity contribution in [2.24, 2.45) is 17.3 Å². The Kier molecular flexibility index (Phi) is 1.93. The Balaban J connectivity index is 1.89. The first-order valence-corrected chi connectivity index (χ1v) is 6.25. The van der Waals surface area contributed by atoms with Crippen LogP contribution in [0, 0.1) is 17.3 Å². The summed E-state index contributed by atoms with van der Waals surface area (Å²) in [7, 11) is 0. The van der Waals surface area contributed by atoms with Crippen LogP contribution in [0.4, 0.5) is 0 Å². The van der Waals surface area contributed by atoms with Crippen LogP contribution in [0.3, 0.4) is 0 Å². The van der Waals surface area contributed by atoms with Crippen LogP contribution in [0.15, 0.2) is 0 Å². The van der Waals surface area contributed by atoms with Crippen LogP contribution in [-0.4, -0.2) is 10.8 Å². The number of hydrogen-bond acceptors (Lipinski definition) is 2. The number of alkyl halides is 1. The van der Waals surface area contributed by atoms with Crippen LogP contribution in [0.2, 0.25) is 0 Å². The van der Waals surface area contributed by atoms with E-state index in [1.54, 1.807) is 0 Å². The summed E-state index contributed by atoms with van der Waals surface area (Å²) in [5.41, 5.74) is -0.00926. The maximum atomic E-state index is 10.8. The molecular weight excluding hydrogens is 212 g/mol. The van der Waals surface area contributed by atoms with Crippen LogP contribution >= 0.6 is 11.6 Å². The van der Waals surface area contributed by atoms with E-state index in [9.17, 15) is 9.90 Å². The van der Waals surface area contributed by atoms with Gasteiger partial charge in [-0.3, -0.25) is 0 Å². The van der Waals surface area contributed by atoms with Crippen LogP contribution in [-0.2, 0) is 4.79 Å². The van der Waals surface area contributed by atoms with Gasteiger partial charge in [0.2, 0.25) is 0 Å². The third-order valence-electron chi connectivity index (χ3n) is 4.63. The molecule has 3 heteroatoms. The SMILES string of the molecule is O=C([O-])CC12CC3CC(CC(Cl)(C3)C1)C2. The number of aliphatic carboxylic acids is 1. The van der Waals surface area contributed by atoms with Crippen molar-refractivity contribution in [3.63, 3.8) is 0 Å². The van der Waals surface area contributed by atoms with Gasteiger partial charge in [0.05, 0.1) is 0 Å². The molecule has 2 nitrogen and oxygen atoms in total. The smallest absolute Gasteiger partial charge is 0.0457 e. The van der Waals surface area contributed by atoms with Crippen molar-refractivity contribution in [3.8, 4) is 0 Å². The third kappa shape index (κ3) is 1.57. The maximum Gasteiger partial charge on any atom is 0.0457 e. The number of carboxylic acid groups (broad SMARTS) is 1. The minimum absolute atomic E-state index is 0.00926. The predicted octanol–water partition coefficient (Wildman–Crippen LogP) is 1.70. The molecule has 0 spiro atoms. The molecule has 0 saturated heterocycles. The fraction of sp³-hybridized carbons (Fsp3) is 0.917. The van der Waals surface area contributed by atoms with Gasteiger partial charge in [-0.15, -0.1) is 11.6 Å². The van der Waals surface area contributed by atoms with E-state index in [0.717, 1.165) is 32.1 Å². The number of halogens is 1. The number of carbonyl (C=O) groups excluding carboxylic acids is 1. The van der Waals surface area contributed by atoms with Gasteiger partial charge in [-0.25, -0.2) is 0 Å². The van der Waals surface area contributed by atoms with Gasteiger partial charge < -0.3 is 9.90 Å². The minimum Gasteiger partial charge on any atom is -0.550 e. The zero-order valence-electron chi connectivity index (χ0n) is 8.80. The molecule has 0 aromatic heterocycles. The Morgan fingerprint density at radius 2 is 1.87 bits per heavy atom. The van der Waals surface area contributed by atoms with Crippen molar-refractivity contribution in [1.29, 1.82) is 0 Å². The summed E-state index contributed by atoms with van der Waals surface area (Å²) in [5.74, 6) is 0.475. The first-order chi connectivity index (χ1) is 6.99. The molecule has 0 N–H and O–H groups in total. The molecule has 2 unspecified atom stereocenters. The highest BCUT2D eigenvalue weighted by molar-refractivity contribution is 6.24. The Labute approximate surface area is 95.0 Å². The highest BCUT2D eigenvalue weighted by Gasteiger charge is 2.56. The van der Waals surface area contributed by atoms with Crippen molar-refractivity contribution < 1.29 is 9.90 Å². The molecule has 0 aliphatic heterocycles. The van der Waals surface area contributed by atoms with E-state index in [4.69, 9.17) is 11.6 Å². The first kappa shape index (κ1) is 9.95. The predicted molar refractivity (Wildman–Crippen MR) is 55.3 cm³/mol. The quantitative estimate of drug-likeness (QED) is 0.674. The van der Waals surface area contributed by atoms with Crippen LogP contribution in [0.1, 0.15) is 44.9 Å². The molecule has 84 valence electrons. The lowest BCUT2D eigenvalue weighted by Gasteiger charge is -2.60. The number of carbonyl (C=O) groups is 1. The second-order valence-corrected chi connectivity index (χ2v) is 6.96. The summed E-state index contributed by atoms with van der Waals surface area (Å²) < 4.78 is 0. The lowest BCUT2D eigenvalue weighted by molar-refractivity contribution is -0.309. The molecule has 4 aliphatic rings. The molecule has 0 amide bonds. The van der Waals surface area contributed by atoms with Crippen LogP contribution in [0.25, 0.3) is 0 Å². The molecule has 4 saturated carbocycles. The molecule has 4 bridgehead atoms. The number of rotatable bonds is 2. The molecular formula is C12H16ClO2-. The largest absolute Gasteiger partial charge is 0.550 e. The fourth-order valence-corrected chi connectivity index (χ4v) is 5.57. The molecule has 0 aromatic rings. The lowest BCUT2D eigenvalue weighted by atomic mass is 9.48. The van der Waals surface area contributed by atoms with Gasteiger partial charge in [0.15, 0.2) is 0 Å². The van der Waals surface area contributed by atoms with E-state index in [1.165, 1.54) is 6.42 Å². The third-order valence-corrected chi connectivity index (χ3v) is 5.07. The molecule has 4 rings (SSSR count). The summed E-state index contributed by atoms with van der Waals surface area (Å²) in [4.78, 5) is 10.8. The molecule has 4 fully saturated rings. The number of hydrogen-bond donors (Lipinski definition) is 0. The standard InChI is InChI=1S/C12H17ClO2/c13-12-4-8-1-9(5-12)3-11(2-8,7-12)6-10(14)15/h8-9H,1-7H2,(H,14,15)/p-1. The van der Waals surface area contributed by atoms with E-state index in [1.807, 2.05) is 0 Å². The molecule has 0 heterocycles. The van der Waals surface area contributed by atoms with Crippen molar-refractivity contribution in [3.05, 3.63) is 0 Å². The molecule has 15 heavy (non-hydrogen) atoms. The normalized spacial score (nSPS) is 52.1. The Morgan fingerprint density at radius 1 is 1.27 bits per heavy atom. The Bertz CT molecular complexity index is 299. The molecule has 0 radical (unpaired) electrons. The minimum atomic E-state index is -0.891. The summed E-state index contributed by atoms with van der Waals surface area (Å²) in [5, 5.41) is 10.8. The zero-order valence-corrected chi connectivity index (χ0v) is 9.55. The summed E-state index contributed by atoms with van der Waals surface area (Å²) in [6.07, 6.45) is 6.79. The highest BCUT2D eigenvalue weighted by atomic mass is 35.5. The van der Waals surface area contributed by atoms with Crippen LogP contribution < -0.4 is 5.11 Å². The van der Waals surface area contributed by atoms with Gasteiger partial charge in [0, 0.05) is 10.8 Å². The average molecular weight is 228 g/mol. The van der Waals surface area contributed by atoms with E-state index in [0.29, 0.717) is 11.8 Å². The van der Waals surface area contributed by atoms with Gasteiger partial charge in [-0.05, 0) is 62.2 Å². The van der Waals surface area contributed by atoms with E-state index in [-0.39, 0.29) is 16.7 Å². The maximum absolute atomic E-state index is 10.8. The van der Waals surface area contributed by atoms with Gasteiger partial charge in [-0.1, -0.05) is 0 Å². The van der Waals surface area contributed by atoms with Crippen molar-refractivity contribution in [2.45, 2.75) is 49.8 Å². The van der Waals surface area contributed by atoms with Crippen molar-refractivity contribution in [2.75, 3.05) is 0 Å². The lowest BCUT2D eigenvalue weighted by Crippen LogP contribution is -2.54. The topological polar surface area (TPSA) is 40.1 Å². The van der Waals surface area contributed by atoms with Gasteiger partial charge in [0.1, 0.15) is 0 Å². The number of carboxylic acids is 1. The average Bonchev–Trinajstić information content (AvgIpc) is 1.94. The van der Waals surface area contributed by atoms with E-state index < -0.39 is 5.97 Å².